The van der Waals surface area contributed by atoms with Crippen LogP contribution in [0.3, 0.4) is 0 Å². The Balaban J connectivity index is 1.67. The second kappa shape index (κ2) is 4.91. The van der Waals surface area contributed by atoms with E-state index in [-0.39, 0.29) is 17.9 Å². The summed E-state index contributed by atoms with van der Waals surface area (Å²) >= 11 is 1.77. The molecule has 4 heteroatoms. The van der Waals surface area contributed by atoms with E-state index in [1.165, 1.54) is 29.0 Å². The van der Waals surface area contributed by atoms with Gasteiger partial charge in [-0.05, 0) is 50.2 Å². The molecule has 2 aliphatic rings. The molecule has 2 fully saturated rings. The molecule has 0 saturated heterocycles. The van der Waals surface area contributed by atoms with Crippen LogP contribution >= 0.6 is 11.3 Å². The SMILES string of the molecule is Cc1ccc(CN(C)C(=O)C2C3CCC(C3)C2N)s1. The fourth-order valence-electron chi connectivity index (χ4n) is 3.84. The van der Waals surface area contributed by atoms with Crippen molar-refractivity contribution in [2.75, 3.05) is 7.05 Å². The van der Waals surface area contributed by atoms with Crippen LogP contribution < -0.4 is 5.73 Å². The lowest BCUT2D eigenvalue weighted by atomic mass is 9.84. The monoisotopic (exact) mass is 278 g/mol. The maximum atomic E-state index is 12.6. The van der Waals surface area contributed by atoms with Crippen molar-refractivity contribution in [2.24, 2.45) is 23.5 Å². The van der Waals surface area contributed by atoms with Gasteiger partial charge in [0.15, 0.2) is 0 Å². The van der Waals surface area contributed by atoms with Gasteiger partial charge in [-0.25, -0.2) is 0 Å². The number of fused-ring (bicyclic) bond motifs is 2. The van der Waals surface area contributed by atoms with Gasteiger partial charge in [-0.15, -0.1) is 11.3 Å². The Bertz CT molecular complexity index is 482. The van der Waals surface area contributed by atoms with Crippen LogP contribution in [0.1, 0.15) is 29.0 Å². The van der Waals surface area contributed by atoms with Crippen molar-refractivity contribution < 1.29 is 4.79 Å². The maximum Gasteiger partial charge on any atom is 0.227 e. The molecule has 2 saturated carbocycles. The Hall–Kier alpha value is -0.870. The molecule has 2 aliphatic carbocycles. The van der Waals surface area contributed by atoms with E-state index >= 15 is 0 Å². The number of rotatable bonds is 3. The Morgan fingerprint density at radius 1 is 1.42 bits per heavy atom. The molecule has 3 nitrogen and oxygen atoms in total. The lowest BCUT2D eigenvalue weighted by Crippen LogP contribution is -2.45. The predicted molar refractivity (Wildman–Crippen MR) is 77.8 cm³/mol. The molecule has 0 aliphatic heterocycles. The van der Waals surface area contributed by atoms with Crippen molar-refractivity contribution in [1.29, 1.82) is 0 Å². The Labute approximate surface area is 118 Å². The van der Waals surface area contributed by atoms with Gasteiger partial charge < -0.3 is 10.6 Å². The molecule has 104 valence electrons. The van der Waals surface area contributed by atoms with E-state index in [4.69, 9.17) is 5.73 Å². The third-order valence-electron chi connectivity index (χ3n) is 4.83. The van der Waals surface area contributed by atoms with Gasteiger partial charge in [0.1, 0.15) is 0 Å². The topological polar surface area (TPSA) is 46.3 Å². The smallest absolute Gasteiger partial charge is 0.227 e. The largest absolute Gasteiger partial charge is 0.340 e. The summed E-state index contributed by atoms with van der Waals surface area (Å²) in [4.78, 5) is 17.0. The first-order valence-corrected chi connectivity index (χ1v) is 7.94. The van der Waals surface area contributed by atoms with Crippen LogP contribution in [-0.4, -0.2) is 23.9 Å². The van der Waals surface area contributed by atoms with Crippen LogP contribution in [0.25, 0.3) is 0 Å². The molecule has 2 N–H and O–H groups in total. The molecule has 1 aromatic rings. The molecular formula is C15H22N2OS. The molecule has 19 heavy (non-hydrogen) atoms. The van der Waals surface area contributed by atoms with E-state index in [9.17, 15) is 4.79 Å². The summed E-state index contributed by atoms with van der Waals surface area (Å²) in [5, 5.41) is 0. The van der Waals surface area contributed by atoms with E-state index in [2.05, 4.69) is 19.1 Å². The van der Waals surface area contributed by atoms with Crippen molar-refractivity contribution in [2.45, 2.75) is 38.8 Å². The summed E-state index contributed by atoms with van der Waals surface area (Å²) in [6.45, 7) is 2.82. The van der Waals surface area contributed by atoms with Gasteiger partial charge in [-0.1, -0.05) is 0 Å². The maximum absolute atomic E-state index is 12.6. The molecular weight excluding hydrogens is 256 g/mol. The van der Waals surface area contributed by atoms with Crippen LogP contribution in [0, 0.1) is 24.7 Å². The standard InChI is InChI=1S/C15H22N2OS/c1-9-3-6-12(19-9)8-17(2)15(18)13-10-4-5-11(7-10)14(13)16/h3,6,10-11,13-14H,4-5,7-8,16H2,1-2H3. The van der Waals surface area contributed by atoms with Crippen molar-refractivity contribution in [3.8, 4) is 0 Å². The summed E-state index contributed by atoms with van der Waals surface area (Å²) in [6.07, 6.45) is 3.59. The Morgan fingerprint density at radius 2 is 2.16 bits per heavy atom. The molecule has 1 amide bonds. The summed E-state index contributed by atoms with van der Waals surface area (Å²) < 4.78 is 0. The van der Waals surface area contributed by atoms with Crippen LogP contribution in [0.4, 0.5) is 0 Å². The van der Waals surface area contributed by atoms with Gasteiger partial charge in [0.25, 0.3) is 0 Å². The zero-order chi connectivity index (χ0) is 13.6. The van der Waals surface area contributed by atoms with E-state index in [0.717, 1.165) is 6.54 Å². The van der Waals surface area contributed by atoms with Crippen LogP contribution in [0.5, 0.6) is 0 Å². The summed E-state index contributed by atoms with van der Waals surface area (Å²) in [5.41, 5.74) is 6.26. The fraction of sp³-hybridized carbons (Fsp3) is 0.667. The first kappa shape index (κ1) is 13.1. The van der Waals surface area contributed by atoms with Gasteiger partial charge in [-0.2, -0.15) is 0 Å². The molecule has 0 radical (unpaired) electrons. The van der Waals surface area contributed by atoms with E-state index in [1.54, 1.807) is 11.3 Å². The van der Waals surface area contributed by atoms with Crippen molar-refractivity contribution in [3.05, 3.63) is 21.9 Å². The van der Waals surface area contributed by atoms with Gasteiger partial charge in [0.2, 0.25) is 5.91 Å². The van der Waals surface area contributed by atoms with Gasteiger partial charge in [-0.3, -0.25) is 4.79 Å². The lowest BCUT2D eigenvalue weighted by molar-refractivity contribution is -0.136. The average Bonchev–Trinajstić information content (AvgIpc) is 3.05. The molecule has 0 spiro atoms. The normalized spacial score (nSPS) is 32.8. The van der Waals surface area contributed by atoms with E-state index in [0.29, 0.717) is 11.8 Å². The Morgan fingerprint density at radius 3 is 2.74 bits per heavy atom. The summed E-state index contributed by atoms with van der Waals surface area (Å²) in [5.74, 6) is 1.46. The van der Waals surface area contributed by atoms with Crippen LogP contribution in [0.15, 0.2) is 12.1 Å². The number of amides is 1. The Kier molecular flexibility index (Phi) is 3.39. The van der Waals surface area contributed by atoms with Gasteiger partial charge in [0, 0.05) is 22.8 Å². The first-order valence-electron chi connectivity index (χ1n) is 7.12. The first-order chi connectivity index (χ1) is 9.06. The minimum Gasteiger partial charge on any atom is -0.340 e. The number of nitrogens with zero attached hydrogens (tertiary/aromatic N) is 1. The van der Waals surface area contributed by atoms with E-state index < -0.39 is 0 Å². The molecule has 0 aromatic carbocycles. The quantitative estimate of drug-likeness (QED) is 0.923. The molecule has 2 bridgehead atoms. The second-order valence-corrected chi connectivity index (χ2v) is 7.52. The van der Waals surface area contributed by atoms with Gasteiger partial charge >= 0.3 is 0 Å². The van der Waals surface area contributed by atoms with Gasteiger partial charge in [0.05, 0.1) is 12.5 Å². The number of hydrogen-bond acceptors (Lipinski definition) is 3. The second-order valence-electron chi connectivity index (χ2n) is 6.14. The predicted octanol–water partition coefficient (Wildman–Crippen LogP) is 2.39. The molecule has 1 aromatic heterocycles. The molecule has 3 rings (SSSR count). The van der Waals surface area contributed by atoms with Crippen LogP contribution in [-0.2, 0) is 11.3 Å². The number of thiophene rings is 1. The number of carbonyl (C=O) groups excluding carboxylic acids is 1. The highest BCUT2D eigenvalue weighted by Crippen LogP contribution is 2.48. The zero-order valence-electron chi connectivity index (χ0n) is 11.6. The summed E-state index contributed by atoms with van der Waals surface area (Å²) in [7, 11) is 1.91. The minimum absolute atomic E-state index is 0.0739. The number of aryl methyl sites for hydroxylation is 1. The van der Waals surface area contributed by atoms with Crippen molar-refractivity contribution in [3.63, 3.8) is 0 Å². The number of hydrogen-bond donors (Lipinski definition) is 1. The third kappa shape index (κ3) is 2.32. The minimum atomic E-state index is 0.0739. The zero-order valence-corrected chi connectivity index (χ0v) is 12.5. The summed E-state index contributed by atoms with van der Waals surface area (Å²) in [6, 6.07) is 4.32. The van der Waals surface area contributed by atoms with Crippen molar-refractivity contribution in [1.82, 2.24) is 4.90 Å². The highest BCUT2D eigenvalue weighted by Gasteiger charge is 2.49. The molecule has 4 atom stereocenters. The highest BCUT2D eigenvalue weighted by molar-refractivity contribution is 7.11. The van der Waals surface area contributed by atoms with Crippen LogP contribution in [0.2, 0.25) is 0 Å². The van der Waals surface area contributed by atoms with Crippen molar-refractivity contribution >= 4 is 17.2 Å². The number of nitrogens with two attached hydrogens (primary N) is 1. The number of carbonyl (C=O) groups is 1. The molecule has 4 unspecified atom stereocenters. The average molecular weight is 278 g/mol. The highest BCUT2D eigenvalue weighted by atomic mass is 32.1. The lowest BCUT2D eigenvalue weighted by Gasteiger charge is -2.30. The van der Waals surface area contributed by atoms with E-state index in [1.807, 2.05) is 11.9 Å². The molecule has 1 heterocycles. The third-order valence-corrected chi connectivity index (χ3v) is 5.82. The fourth-order valence-corrected chi connectivity index (χ4v) is 4.78.